The lowest BCUT2D eigenvalue weighted by Crippen LogP contribution is -2.08. The second-order valence-electron chi connectivity index (χ2n) is 5.02. The summed E-state index contributed by atoms with van der Waals surface area (Å²) < 4.78 is 0. The lowest BCUT2D eigenvalue weighted by molar-refractivity contribution is 0.0991. The Hall–Kier alpha value is -1.68. The molecule has 0 bridgehead atoms. The van der Waals surface area contributed by atoms with Crippen molar-refractivity contribution in [1.29, 1.82) is 0 Å². The second-order valence-corrected chi connectivity index (χ2v) is 5.94. The van der Waals surface area contributed by atoms with Crippen LogP contribution in [0, 0.1) is 0 Å². The predicted molar refractivity (Wildman–Crippen MR) is 85.2 cm³/mol. The van der Waals surface area contributed by atoms with Gasteiger partial charge < -0.3 is 5.73 Å². The van der Waals surface area contributed by atoms with E-state index in [-0.39, 0.29) is 5.78 Å². The molecule has 0 fully saturated rings. The summed E-state index contributed by atoms with van der Waals surface area (Å²) in [5.74, 6) is 0.835. The number of ketones is 1. The van der Waals surface area contributed by atoms with Gasteiger partial charge in [-0.15, -0.1) is 0 Å². The Morgan fingerprint density at radius 3 is 2.60 bits per heavy atom. The summed E-state index contributed by atoms with van der Waals surface area (Å²) in [4.78, 5) is 16.1. The molecule has 0 unspecified atom stereocenters. The number of alkyl halides is 1. The van der Waals surface area contributed by atoms with Gasteiger partial charge in [-0.1, -0.05) is 48.0 Å². The van der Waals surface area contributed by atoms with Crippen LogP contribution in [-0.2, 0) is 0 Å². The van der Waals surface area contributed by atoms with E-state index in [1.54, 1.807) is 18.3 Å². The third kappa shape index (κ3) is 3.25. The van der Waals surface area contributed by atoms with Gasteiger partial charge in [0, 0.05) is 11.8 Å². The van der Waals surface area contributed by atoms with Crippen LogP contribution in [0.5, 0.6) is 0 Å². The molecule has 104 valence electrons. The van der Waals surface area contributed by atoms with Gasteiger partial charge in [0.05, 0.1) is 0 Å². The highest BCUT2D eigenvalue weighted by molar-refractivity contribution is 9.09. The second kappa shape index (κ2) is 6.18. The van der Waals surface area contributed by atoms with Crippen molar-refractivity contribution in [1.82, 2.24) is 4.98 Å². The van der Waals surface area contributed by atoms with E-state index >= 15 is 0 Å². The average Bonchev–Trinajstić information content (AvgIpc) is 2.45. The molecule has 4 heteroatoms. The molecule has 1 aromatic carbocycles. The number of aromatic nitrogens is 1. The lowest BCUT2D eigenvalue weighted by atomic mass is 9.97. The minimum Gasteiger partial charge on any atom is -0.384 e. The van der Waals surface area contributed by atoms with Crippen molar-refractivity contribution < 1.29 is 4.79 Å². The number of hydrogen-bond donors (Lipinski definition) is 1. The predicted octanol–water partition coefficient (Wildman–Crippen LogP) is 4.11. The molecule has 0 spiro atoms. The number of anilines is 1. The van der Waals surface area contributed by atoms with Crippen LogP contribution in [0.15, 0.2) is 42.6 Å². The molecule has 1 heterocycles. The van der Waals surface area contributed by atoms with Gasteiger partial charge in [-0.05, 0) is 35.2 Å². The maximum Gasteiger partial charge on any atom is 0.180 e. The first-order valence-corrected chi connectivity index (χ1v) is 7.40. The van der Waals surface area contributed by atoms with Gasteiger partial charge in [-0.3, -0.25) is 4.79 Å². The van der Waals surface area contributed by atoms with E-state index in [2.05, 4.69) is 34.8 Å². The number of nitrogen functional groups attached to an aromatic ring is 1. The molecule has 0 amide bonds. The lowest BCUT2D eigenvalue weighted by Gasteiger charge is -2.12. The minimum atomic E-state index is -0.407. The molecule has 2 N–H and O–H groups in total. The summed E-state index contributed by atoms with van der Waals surface area (Å²) in [6, 6.07) is 11.3. The number of Topliss-reactive ketones (excluding diaryl/α,β-unsaturated/α-hetero) is 1. The van der Waals surface area contributed by atoms with Crippen LogP contribution >= 0.6 is 15.9 Å². The zero-order valence-electron chi connectivity index (χ0n) is 11.5. The van der Waals surface area contributed by atoms with Crippen LogP contribution in [-0.4, -0.2) is 10.8 Å². The number of nitrogens with zero attached hydrogens (tertiary/aromatic N) is 1. The Kier molecular flexibility index (Phi) is 4.55. The van der Waals surface area contributed by atoms with E-state index in [0.717, 1.165) is 11.1 Å². The van der Waals surface area contributed by atoms with Gasteiger partial charge in [0.2, 0.25) is 0 Å². The maximum atomic E-state index is 12.5. The summed E-state index contributed by atoms with van der Waals surface area (Å²) in [6.07, 6.45) is 1.61. The van der Waals surface area contributed by atoms with E-state index in [4.69, 9.17) is 5.73 Å². The molecule has 1 atom stereocenters. The van der Waals surface area contributed by atoms with E-state index in [0.29, 0.717) is 17.3 Å². The Morgan fingerprint density at radius 2 is 1.95 bits per heavy atom. The average molecular weight is 333 g/mol. The Bertz CT molecular complexity index is 625. The number of hydrogen-bond acceptors (Lipinski definition) is 3. The molecule has 3 nitrogen and oxygen atoms in total. The highest BCUT2D eigenvalue weighted by Gasteiger charge is 2.19. The van der Waals surface area contributed by atoms with Crippen molar-refractivity contribution in [3.63, 3.8) is 0 Å². The molecule has 0 saturated carbocycles. The van der Waals surface area contributed by atoms with Gasteiger partial charge in [0.25, 0.3) is 0 Å². The summed E-state index contributed by atoms with van der Waals surface area (Å²) in [5.41, 5.74) is 8.33. The van der Waals surface area contributed by atoms with E-state index < -0.39 is 4.83 Å². The van der Waals surface area contributed by atoms with Crippen molar-refractivity contribution in [2.75, 3.05) is 5.73 Å². The molecule has 0 aliphatic carbocycles. The standard InChI is InChI=1S/C16H17BrN2O/c1-10(2)11-4-3-5-13(8-11)16(20)15(17)12-6-7-19-14(18)9-12/h3-10,15H,1-2H3,(H2,18,19)/t15-/m0/s1. The molecule has 0 radical (unpaired) electrons. The van der Waals surface area contributed by atoms with Crippen LogP contribution in [0.25, 0.3) is 0 Å². The number of halogens is 1. The fourth-order valence-electron chi connectivity index (χ4n) is 1.97. The van der Waals surface area contributed by atoms with Crippen molar-refractivity contribution in [2.45, 2.75) is 24.6 Å². The van der Waals surface area contributed by atoms with Crippen molar-refractivity contribution in [3.05, 3.63) is 59.3 Å². The van der Waals surface area contributed by atoms with Gasteiger partial charge in [0.15, 0.2) is 5.78 Å². The molecule has 2 rings (SSSR count). The minimum absolute atomic E-state index is 0.0260. The SMILES string of the molecule is CC(C)c1cccc(C(=O)[C@@H](Br)c2ccnc(N)c2)c1. The van der Waals surface area contributed by atoms with Crippen LogP contribution < -0.4 is 5.73 Å². The molecule has 1 aromatic heterocycles. The topological polar surface area (TPSA) is 56.0 Å². The highest BCUT2D eigenvalue weighted by Crippen LogP contribution is 2.28. The molecule has 2 aromatic rings. The Morgan fingerprint density at radius 1 is 1.20 bits per heavy atom. The first-order chi connectivity index (χ1) is 9.49. The van der Waals surface area contributed by atoms with Crippen LogP contribution in [0.1, 0.15) is 46.1 Å². The summed E-state index contributed by atoms with van der Waals surface area (Å²) in [7, 11) is 0. The quantitative estimate of drug-likeness (QED) is 0.677. The smallest absolute Gasteiger partial charge is 0.180 e. The molecule has 0 aliphatic heterocycles. The fraction of sp³-hybridized carbons (Fsp3) is 0.250. The van der Waals surface area contributed by atoms with E-state index in [9.17, 15) is 4.79 Å². The fourth-order valence-corrected chi connectivity index (χ4v) is 2.52. The molecule has 0 aliphatic rings. The zero-order valence-corrected chi connectivity index (χ0v) is 13.1. The van der Waals surface area contributed by atoms with E-state index in [1.807, 2.05) is 24.3 Å². The largest absolute Gasteiger partial charge is 0.384 e. The molecular formula is C16H17BrN2O. The summed E-state index contributed by atoms with van der Waals surface area (Å²) in [5, 5.41) is 0. The van der Waals surface area contributed by atoms with Gasteiger partial charge >= 0.3 is 0 Å². The number of rotatable bonds is 4. The first-order valence-electron chi connectivity index (χ1n) is 6.48. The van der Waals surface area contributed by atoms with Crippen LogP contribution in [0.3, 0.4) is 0 Å². The van der Waals surface area contributed by atoms with Crippen LogP contribution in [0.4, 0.5) is 5.82 Å². The normalized spacial score (nSPS) is 12.4. The van der Waals surface area contributed by atoms with Crippen molar-refractivity contribution in [2.24, 2.45) is 0 Å². The van der Waals surface area contributed by atoms with Gasteiger partial charge in [-0.25, -0.2) is 4.98 Å². The third-order valence-electron chi connectivity index (χ3n) is 3.17. The van der Waals surface area contributed by atoms with Crippen molar-refractivity contribution >= 4 is 27.5 Å². The number of nitrogens with two attached hydrogens (primary N) is 1. The molecule has 20 heavy (non-hydrogen) atoms. The third-order valence-corrected chi connectivity index (χ3v) is 4.11. The summed E-state index contributed by atoms with van der Waals surface area (Å²) >= 11 is 3.45. The maximum absolute atomic E-state index is 12.5. The number of carbonyl (C=O) groups excluding carboxylic acids is 1. The first kappa shape index (κ1) is 14.7. The number of pyridine rings is 1. The number of carbonyl (C=O) groups is 1. The Balaban J connectivity index is 2.29. The highest BCUT2D eigenvalue weighted by atomic mass is 79.9. The zero-order chi connectivity index (χ0) is 14.7. The van der Waals surface area contributed by atoms with Gasteiger partial charge in [-0.2, -0.15) is 0 Å². The van der Waals surface area contributed by atoms with Crippen LogP contribution in [0.2, 0.25) is 0 Å². The van der Waals surface area contributed by atoms with Crippen molar-refractivity contribution in [3.8, 4) is 0 Å². The Labute approximate surface area is 127 Å². The monoisotopic (exact) mass is 332 g/mol. The van der Waals surface area contributed by atoms with E-state index in [1.165, 1.54) is 0 Å². The molecule has 0 saturated heterocycles. The number of benzene rings is 1. The molecular weight excluding hydrogens is 316 g/mol. The van der Waals surface area contributed by atoms with Gasteiger partial charge in [0.1, 0.15) is 10.6 Å². The summed E-state index contributed by atoms with van der Waals surface area (Å²) in [6.45, 7) is 4.22.